The number of benzene rings is 1. The molecule has 0 heterocycles. The van der Waals surface area contributed by atoms with Gasteiger partial charge in [-0.25, -0.2) is 0 Å². The highest BCUT2D eigenvalue weighted by Crippen LogP contribution is 2.24. The van der Waals surface area contributed by atoms with Gasteiger partial charge in [0.25, 0.3) is 0 Å². The monoisotopic (exact) mass is 235 g/mol. The first-order valence-corrected chi connectivity index (χ1v) is 6.36. The van der Waals surface area contributed by atoms with E-state index in [-0.39, 0.29) is 12.0 Å². The third-order valence-electron chi connectivity index (χ3n) is 3.37. The molecule has 0 spiro atoms. The molecule has 0 atom stereocenters. The Kier molecular flexibility index (Phi) is 5.16. The average Bonchev–Trinajstić information content (AvgIpc) is 2.28. The minimum Gasteiger partial charge on any atom is -0.396 e. The van der Waals surface area contributed by atoms with Crippen molar-refractivity contribution in [3.63, 3.8) is 0 Å². The fourth-order valence-electron chi connectivity index (χ4n) is 1.87. The van der Waals surface area contributed by atoms with Crippen molar-refractivity contribution in [2.24, 2.45) is 0 Å². The molecule has 0 saturated carbocycles. The molecule has 0 aliphatic rings. The van der Waals surface area contributed by atoms with Gasteiger partial charge in [0.2, 0.25) is 0 Å². The number of aryl methyl sites for hydroxylation is 2. The zero-order valence-electron chi connectivity index (χ0n) is 11.5. The normalized spacial score (nSPS) is 11.8. The Morgan fingerprint density at radius 3 is 2.47 bits per heavy atom. The van der Waals surface area contributed by atoms with Crippen LogP contribution in [0.15, 0.2) is 18.2 Å². The summed E-state index contributed by atoms with van der Waals surface area (Å²) in [6.07, 6.45) is 0.822. The first kappa shape index (κ1) is 14.2. The fraction of sp³-hybridized carbons (Fsp3) is 0.600. The summed E-state index contributed by atoms with van der Waals surface area (Å²) in [5.41, 5.74) is 4.20. The van der Waals surface area contributed by atoms with E-state index in [1.807, 2.05) is 0 Å². The molecule has 96 valence electrons. The van der Waals surface area contributed by atoms with Crippen LogP contribution in [0.4, 0.5) is 0 Å². The number of aliphatic hydroxyl groups is 1. The highest BCUT2D eigenvalue weighted by atomic mass is 16.3. The summed E-state index contributed by atoms with van der Waals surface area (Å²) >= 11 is 0. The van der Waals surface area contributed by atoms with Gasteiger partial charge in [-0.2, -0.15) is 0 Å². The van der Waals surface area contributed by atoms with Crippen molar-refractivity contribution in [1.29, 1.82) is 0 Å². The van der Waals surface area contributed by atoms with Gasteiger partial charge in [-0.3, -0.25) is 0 Å². The van der Waals surface area contributed by atoms with Crippen molar-refractivity contribution >= 4 is 0 Å². The van der Waals surface area contributed by atoms with Crippen molar-refractivity contribution in [1.82, 2.24) is 5.32 Å². The molecule has 0 aromatic heterocycles. The van der Waals surface area contributed by atoms with Crippen LogP contribution in [0.2, 0.25) is 0 Å². The third kappa shape index (κ3) is 4.14. The lowest BCUT2D eigenvalue weighted by Crippen LogP contribution is -2.33. The Hall–Kier alpha value is -0.860. The van der Waals surface area contributed by atoms with E-state index in [9.17, 15) is 0 Å². The van der Waals surface area contributed by atoms with E-state index < -0.39 is 0 Å². The van der Waals surface area contributed by atoms with E-state index in [2.05, 4.69) is 51.2 Å². The van der Waals surface area contributed by atoms with Crippen LogP contribution in [0, 0.1) is 13.8 Å². The molecule has 0 saturated heterocycles. The molecule has 1 aromatic rings. The molecule has 0 radical (unpaired) electrons. The Labute approximate surface area is 105 Å². The summed E-state index contributed by atoms with van der Waals surface area (Å²) in [5, 5.41) is 12.1. The minimum absolute atomic E-state index is 0.133. The van der Waals surface area contributed by atoms with Gasteiger partial charge in [0.15, 0.2) is 0 Å². The summed E-state index contributed by atoms with van der Waals surface area (Å²) in [7, 11) is 0. The molecule has 1 aromatic carbocycles. The first-order chi connectivity index (χ1) is 7.97. The zero-order valence-corrected chi connectivity index (χ0v) is 11.5. The van der Waals surface area contributed by atoms with Gasteiger partial charge in [-0.05, 0) is 43.5 Å². The number of hydrogen-bond donors (Lipinski definition) is 2. The average molecular weight is 235 g/mol. The van der Waals surface area contributed by atoms with Crippen LogP contribution in [0.3, 0.4) is 0 Å². The fourth-order valence-corrected chi connectivity index (χ4v) is 1.87. The van der Waals surface area contributed by atoms with E-state index in [0.717, 1.165) is 19.5 Å². The van der Waals surface area contributed by atoms with Crippen molar-refractivity contribution in [3.05, 3.63) is 34.9 Å². The van der Waals surface area contributed by atoms with Crippen molar-refractivity contribution in [2.75, 3.05) is 19.7 Å². The van der Waals surface area contributed by atoms with Crippen LogP contribution < -0.4 is 5.32 Å². The van der Waals surface area contributed by atoms with Gasteiger partial charge >= 0.3 is 0 Å². The quantitative estimate of drug-likeness (QED) is 0.743. The lowest BCUT2D eigenvalue weighted by molar-refractivity contribution is 0.284. The highest BCUT2D eigenvalue weighted by molar-refractivity contribution is 5.34. The van der Waals surface area contributed by atoms with Gasteiger partial charge in [-0.15, -0.1) is 0 Å². The molecule has 0 amide bonds. The van der Waals surface area contributed by atoms with E-state index in [1.54, 1.807) is 0 Å². The second kappa shape index (κ2) is 6.18. The largest absolute Gasteiger partial charge is 0.396 e. The van der Waals surface area contributed by atoms with Crippen LogP contribution in [0.1, 0.15) is 37.0 Å². The molecule has 17 heavy (non-hydrogen) atoms. The van der Waals surface area contributed by atoms with Crippen molar-refractivity contribution in [3.8, 4) is 0 Å². The Bertz CT molecular complexity index is 358. The second-order valence-electron chi connectivity index (χ2n) is 5.44. The third-order valence-corrected chi connectivity index (χ3v) is 3.37. The maximum Gasteiger partial charge on any atom is 0.0443 e. The van der Waals surface area contributed by atoms with Gasteiger partial charge in [0.05, 0.1) is 0 Å². The van der Waals surface area contributed by atoms with Crippen LogP contribution >= 0.6 is 0 Å². The first-order valence-electron chi connectivity index (χ1n) is 6.36. The molecular formula is C15H25NO. The standard InChI is InChI=1S/C15H25NO/c1-12-6-7-14(10-13(12)2)15(3,4)11-16-8-5-9-17/h6-7,10,16-17H,5,8-9,11H2,1-4H3. The smallest absolute Gasteiger partial charge is 0.0443 e. The van der Waals surface area contributed by atoms with E-state index in [0.29, 0.717) is 0 Å². The highest BCUT2D eigenvalue weighted by Gasteiger charge is 2.20. The maximum absolute atomic E-state index is 8.74. The van der Waals surface area contributed by atoms with Crippen molar-refractivity contribution in [2.45, 2.75) is 39.5 Å². The Balaban J connectivity index is 2.64. The predicted molar refractivity (Wildman–Crippen MR) is 73.5 cm³/mol. The van der Waals surface area contributed by atoms with E-state index >= 15 is 0 Å². The zero-order chi connectivity index (χ0) is 12.9. The van der Waals surface area contributed by atoms with E-state index in [1.165, 1.54) is 16.7 Å². The second-order valence-corrected chi connectivity index (χ2v) is 5.44. The molecule has 2 heteroatoms. The van der Waals surface area contributed by atoms with Gasteiger partial charge in [-0.1, -0.05) is 32.0 Å². The molecule has 1 rings (SSSR count). The molecule has 0 aliphatic heterocycles. The topological polar surface area (TPSA) is 32.3 Å². The summed E-state index contributed by atoms with van der Waals surface area (Å²) in [6.45, 7) is 10.9. The lowest BCUT2D eigenvalue weighted by Gasteiger charge is -2.26. The van der Waals surface area contributed by atoms with E-state index in [4.69, 9.17) is 5.11 Å². The number of nitrogens with one attached hydrogen (secondary N) is 1. The SMILES string of the molecule is Cc1ccc(C(C)(C)CNCCCO)cc1C. The molecule has 0 unspecified atom stereocenters. The molecule has 2 nitrogen and oxygen atoms in total. The van der Waals surface area contributed by atoms with Gasteiger partial charge < -0.3 is 10.4 Å². The number of rotatable bonds is 6. The minimum atomic E-state index is 0.133. The molecular weight excluding hydrogens is 210 g/mol. The summed E-state index contributed by atoms with van der Waals surface area (Å²) in [4.78, 5) is 0. The summed E-state index contributed by atoms with van der Waals surface area (Å²) in [6, 6.07) is 6.69. The Morgan fingerprint density at radius 2 is 1.88 bits per heavy atom. The van der Waals surface area contributed by atoms with Crippen molar-refractivity contribution < 1.29 is 5.11 Å². The summed E-state index contributed by atoms with van der Waals surface area (Å²) in [5.74, 6) is 0. The summed E-state index contributed by atoms with van der Waals surface area (Å²) < 4.78 is 0. The predicted octanol–water partition coefficient (Wildman–Crippen LogP) is 2.55. The molecule has 0 bridgehead atoms. The van der Waals surface area contributed by atoms with Crippen LogP contribution in [0.25, 0.3) is 0 Å². The molecule has 0 aliphatic carbocycles. The van der Waals surface area contributed by atoms with Crippen LogP contribution in [-0.4, -0.2) is 24.8 Å². The number of aliphatic hydroxyl groups excluding tert-OH is 1. The van der Waals surface area contributed by atoms with Gasteiger partial charge in [0.1, 0.15) is 0 Å². The molecule has 2 N–H and O–H groups in total. The number of hydrogen-bond acceptors (Lipinski definition) is 2. The van der Waals surface area contributed by atoms with Crippen LogP contribution in [-0.2, 0) is 5.41 Å². The lowest BCUT2D eigenvalue weighted by atomic mass is 9.83. The Morgan fingerprint density at radius 1 is 1.18 bits per heavy atom. The molecule has 0 fully saturated rings. The van der Waals surface area contributed by atoms with Gasteiger partial charge in [0, 0.05) is 18.6 Å². The maximum atomic E-state index is 8.74. The van der Waals surface area contributed by atoms with Crippen LogP contribution in [0.5, 0.6) is 0 Å².